The van der Waals surface area contributed by atoms with Crippen LogP contribution in [0.5, 0.6) is 0 Å². The first kappa shape index (κ1) is 19.8. The average molecular weight is 396 g/mol. The number of rotatable bonds is 6. The molecular formula is C18H24N2O6S. The lowest BCUT2D eigenvalue weighted by atomic mass is 10.2. The predicted molar refractivity (Wildman–Crippen MR) is 96.4 cm³/mol. The standard InChI is InChI=1S/C18H24N2O6S/c21-17(14-8-9-15(26-14)18(22)23)19-12-13-6-2-3-7-16(13)27(24,25)20-10-4-1-5-11-20/h2-3,6-7,14-15H,1,4-5,8-12H2,(H,19,21)(H,22,23)/t14-,15+/m0/s1. The Morgan fingerprint density at radius 1 is 1.11 bits per heavy atom. The molecule has 148 valence electrons. The van der Waals surface area contributed by atoms with Crippen LogP contribution in [0.2, 0.25) is 0 Å². The van der Waals surface area contributed by atoms with E-state index in [0.29, 0.717) is 25.1 Å². The molecule has 2 aliphatic heterocycles. The van der Waals surface area contributed by atoms with Crippen molar-refractivity contribution < 1.29 is 27.9 Å². The van der Waals surface area contributed by atoms with Gasteiger partial charge in [-0.15, -0.1) is 0 Å². The van der Waals surface area contributed by atoms with Crippen LogP contribution in [0.1, 0.15) is 37.7 Å². The molecule has 0 bridgehead atoms. The lowest BCUT2D eigenvalue weighted by molar-refractivity contribution is -0.151. The summed E-state index contributed by atoms with van der Waals surface area (Å²) in [6.07, 6.45) is 1.56. The van der Waals surface area contributed by atoms with E-state index < -0.39 is 34.1 Å². The van der Waals surface area contributed by atoms with Crippen LogP contribution < -0.4 is 5.32 Å². The maximum Gasteiger partial charge on any atom is 0.332 e. The fourth-order valence-electron chi connectivity index (χ4n) is 3.45. The highest BCUT2D eigenvalue weighted by Gasteiger charge is 2.35. The number of hydrogen-bond acceptors (Lipinski definition) is 5. The Balaban J connectivity index is 1.68. The van der Waals surface area contributed by atoms with Crippen LogP contribution in [0, 0.1) is 0 Å². The summed E-state index contributed by atoms with van der Waals surface area (Å²) in [5, 5.41) is 11.6. The fourth-order valence-corrected chi connectivity index (χ4v) is 5.19. The maximum absolute atomic E-state index is 13.0. The Labute approximate surface area is 158 Å². The third kappa shape index (κ3) is 4.48. The van der Waals surface area contributed by atoms with Gasteiger partial charge in [0.15, 0.2) is 6.10 Å². The third-order valence-corrected chi connectivity index (χ3v) is 6.95. The molecule has 0 radical (unpaired) electrons. The van der Waals surface area contributed by atoms with E-state index >= 15 is 0 Å². The number of nitrogens with zero attached hydrogens (tertiary/aromatic N) is 1. The zero-order chi connectivity index (χ0) is 19.4. The lowest BCUT2D eigenvalue weighted by Gasteiger charge is -2.27. The molecule has 2 heterocycles. The van der Waals surface area contributed by atoms with Gasteiger partial charge in [0.05, 0.1) is 4.90 Å². The van der Waals surface area contributed by atoms with E-state index in [2.05, 4.69) is 5.32 Å². The van der Waals surface area contributed by atoms with Gasteiger partial charge in [0, 0.05) is 19.6 Å². The summed E-state index contributed by atoms with van der Waals surface area (Å²) in [6, 6.07) is 6.62. The first-order valence-corrected chi connectivity index (χ1v) is 10.6. The van der Waals surface area contributed by atoms with E-state index in [1.54, 1.807) is 24.3 Å². The molecule has 1 amide bonds. The van der Waals surface area contributed by atoms with Gasteiger partial charge in [0.2, 0.25) is 15.9 Å². The number of sulfonamides is 1. The highest BCUT2D eigenvalue weighted by Crippen LogP contribution is 2.24. The van der Waals surface area contributed by atoms with Gasteiger partial charge in [-0.2, -0.15) is 4.31 Å². The minimum Gasteiger partial charge on any atom is -0.479 e. The molecular weight excluding hydrogens is 372 g/mol. The first-order chi connectivity index (χ1) is 12.9. The molecule has 8 nitrogen and oxygen atoms in total. The monoisotopic (exact) mass is 396 g/mol. The summed E-state index contributed by atoms with van der Waals surface area (Å²) < 4.78 is 32.6. The highest BCUT2D eigenvalue weighted by atomic mass is 32.2. The minimum absolute atomic E-state index is 0.0413. The smallest absolute Gasteiger partial charge is 0.332 e. The van der Waals surface area contributed by atoms with Crippen molar-refractivity contribution in [2.75, 3.05) is 13.1 Å². The summed E-state index contributed by atoms with van der Waals surface area (Å²) in [7, 11) is -3.61. The van der Waals surface area contributed by atoms with Gasteiger partial charge in [0.1, 0.15) is 6.10 Å². The molecule has 2 aliphatic rings. The van der Waals surface area contributed by atoms with Gasteiger partial charge < -0.3 is 15.2 Å². The number of nitrogens with one attached hydrogen (secondary N) is 1. The molecule has 0 saturated carbocycles. The summed E-state index contributed by atoms with van der Waals surface area (Å²) in [5.74, 6) is -1.51. The van der Waals surface area contributed by atoms with Gasteiger partial charge in [-0.25, -0.2) is 13.2 Å². The van der Waals surface area contributed by atoms with Crippen molar-refractivity contribution in [1.82, 2.24) is 9.62 Å². The number of carboxylic acids is 1. The van der Waals surface area contributed by atoms with Crippen molar-refractivity contribution in [2.45, 2.75) is 55.8 Å². The molecule has 1 aromatic carbocycles. The van der Waals surface area contributed by atoms with Gasteiger partial charge in [0.25, 0.3) is 0 Å². The molecule has 2 fully saturated rings. The molecule has 9 heteroatoms. The molecule has 3 rings (SSSR count). The number of ether oxygens (including phenoxy) is 1. The summed E-state index contributed by atoms with van der Waals surface area (Å²) in [4.78, 5) is 23.4. The van der Waals surface area contributed by atoms with E-state index in [9.17, 15) is 18.0 Å². The van der Waals surface area contributed by atoms with Crippen LogP contribution in [0.15, 0.2) is 29.2 Å². The fraction of sp³-hybridized carbons (Fsp3) is 0.556. The van der Waals surface area contributed by atoms with Crippen molar-refractivity contribution in [3.05, 3.63) is 29.8 Å². The van der Waals surface area contributed by atoms with E-state index in [0.717, 1.165) is 19.3 Å². The average Bonchev–Trinajstić information content (AvgIpc) is 3.18. The first-order valence-electron chi connectivity index (χ1n) is 9.13. The maximum atomic E-state index is 13.0. The van der Waals surface area contributed by atoms with Crippen LogP contribution >= 0.6 is 0 Å². The van der Waals surface area contributed by atoms with E-state index in [1.807, 2.05) is 0 Å². The predicted octanol–water partition coefficient (Wildman–Crippen LogP) is 1.11. The van der Waals surface area contributed by atoms with Gasteiger partial charge in [-0.05, 0) is 37.3 Å². The number of carbonyl (C=O) groups excluding carboxylic acids is 1. The second-order valence-corrected chi connectivity index (χ2v) is 8.73. The Kier molecular flexibility index (Phi) is 6.13. The van der Waals surface area contributed by atoms with Crippen LogP contribution in [0.25, 0.3) is 0 Å². The zero-order valence-corrected chi connectivity index (χ0v) is 15.8. The van der Waals surface area contributed by atoms with Gasteiger partial charge >= 0.3 is 5.97 Å². The topological polar surface area (TPSA) is 113 Å². The van der Waals surface area contributed by atoms with Crippen LogP contribution in [0.4, 0.5) is 0 Å². The molecule has 1 aromatic rings. The lowest BCUT2D eigenvalue weighted by Crippen LogP contribution is -2.37. The van der Waals surface area contributed by atoms with Gasteiger partial charge in [-0.1, -0.05) is 24.6 Å². The van der Waals surface area contributed by atoms with Crippen LogP contribution in [-0.4, -0.2) is 55.0 Å². The zero-order valence-electron chi connectivity index (χ0n) is 15.0. The highest BCUT2D eigenvalue weighted by molar-refractivity contribution is 7.89. The Morgan fingerprint density at radius 2 is 1.78 bits per heavy atom. The Hall–Kier alpha value is -1.97. The van der Waals surface area contributed by atoms with Crippen molar-refractivity contribution >= 4 is 21.9 Å². The van der Waals surface area contributed by atoms with Gasteiger partial charge in [-0.3, -0.25) is 4.79 Å². The number of piperidine rings is 1. The second kappa shape index (κ2) is 8.37. The van der Waals surface area contributed by atoms with Crippen molar-refractivity contribution in [3.63, 3.8) is 0 Å². The molecule has 0 aliphatic carbocycles. The van der Waals surface area contributed by atoms with Crippen LogP contribution in [-0.2, 0) is 30.9 Å². The summed E-state index contributed by atoms with van der Waals surface area (Å²) in [6.45, 7) is 1.06. The SMILES string of the molecule is O=C(NCc1ccccc1S(=O)(=O)N1CCCCC1)[C@@H]1CC[C@H](C(=O)O)O1. The van der Waals surface area contributed by atoms with Crippen molar-refractivity contribution in [1.29, 1.82) is 0 Å². The van der Waals surface area contributed by atoms with Crippen molar-refractivity contribution in [3.8, 4) is 0 Å². The quantitative estimate of drug-likeness (QED) is 0.745. The third-order valence-electron chi connectivity index (χ3n) is 4.95. The summed E-state index contributed by atoms with van der Waals surface area (Å²) >= 11 is 0. The molecule has 2 saturated heterocycles. The summed E-state index contributed by atoms with van der Waals surface area (Å²) in [5.41, 5.74) is 0.504. The molecule has 0 unspecified atom stereocenters. The van der Waals surface area contributed by atoms with E-state index in [4.69, 9.17) is 9.84 Å². The second-order valence-electron chi connectivity index (χ2n) is 6.82. The number of carbonyl (C=O) groups is 2. The Bertz CT molecular complexity index is 804. The molecule has 0 spiro atoms. The molecule has 2 N–H and O–H groups in total. The number of aliphatic carboxylic acids is 1. The number of benzene rings is 1. The number of amides is 1. The number of carboxylic acid groups (broad SMARTS) is 1. The normalized spacial score (nSPS) is 23.9. The molecule has 27 heavy (non-hydrogen) atoms. The molecule has 0 aromatic heterocycles. The Morgan fingerprint density at radius 3 is 2.44 bits per heavy atom. The largest absolute Gasteiger partial charge is 0.479 e. The number of hydrogen-bond donors (Lipinski definition) is 2. The van der Waals surface area contributed by atoms with Crippen molar-refractivity contribution in [2.24, 2.45) is 0 Å². The van der Waals surface area contributed by atoms with E-state index in [-0.39, 0.29) is 17.9 Å². The minimum atomic E-state index is -3.61. The van der Waals surface area contributed by atoms with E-state index in [1.165, 1.54) is 4.31 Å². The molecule has 2 atom stereocenters. The van der Waals surface area contributed by atoms with Crippen LogP contribution in [0.3, 0.4) is 0 Å².